The van der Waals surface area contributed by atoms with E-state index in [9.17, 15) is 4.39 Å². The van der Waals surface area contributed by atoms with E-state index in [1.807, 2.05) is 0 Å². The van der Waals surface area contributed by atoms with E-state index in [2.05, 4.69) is 9.97 Å². The summed E-state index contributed by atoms with van der Waals surface area (Å²) in [5.41, 5.74) is 7.16. The monoisotopic (exact) mass is 246 g/mol. The van der Waals surface area contributed by atoms with Crippen molar-refractivity contribution < 1.29 is 4.39 Å². The Balaban J connectivity index is 2.20. The van der Waals surface area contributed by atoms with E-state index in [1.54, 1.807) is 36.5 Å². The van der Waals surface area contributed by atoms with Crippen molar-refractivity contribution in [3.63, 3.8) is 0 Å². The van der Waals surface area contributed by atoms with Crippen molar-refractivity contribution in [2.75, 3.05) is 18.5 Å². The van der Waals surface area contributed by atoms with Crippen molar-refractivity contribution in [2.45, 2.75) is 6.42 Å². The summed E-state index contributed by atoms with van der Waals surface area (Å²) in [4.78, 5) is 10.2. The molecule has 18 heavy (non-hydrogen) atoms. The molecule has 0 saturated heterocycles. The molecule has 0 saturated carbocycles. The quantitative estimate of drug-likeness (QED) is 0.895. The first-order valence-electron chi connectivity index (χ1n) is 5.71. The number of nitrogens with two attached hydrogens (primary N) is 1. The number of benzene rings is 1. The second-order valence-corrected chi connectivity index (χ2v) is 3.97. The Morgan fingerprint density at radius 2 is 2.00 bits per heavy atom. The predicted octanol–water partition coefficient (Wildman–Crippen LogP) is 1.88. The number of hydrogen-bond acceptors (Lipinski definition) is 4. The van der Waals surface area contributed by atoms with Gasteiger partial charge in [0.2, 0.25) is 5.95 Å². The van der Waals surface area contributed by atoms with E-state index < -0.39 is 0 Å². The van der Waals surface area contributed by atoms with Crippen LogP contribution in [0.4, 0.5) is 16.0 Å². The third-order valence-corrected chi connectivity index (χ3v) is 2.62. The lowest BCUT2D eigenvalue weighted by Crippen LogP contribution is -2.13. The summed E-state index contributed by atoms with van der Waals surface area (Å²) in [6, 6.07) is 6.31. The van der Waals surface area contributed by atoms with Crippen molar-refractivity contribution in [3.8, 4) is 0 Å². The van der Waals surface area contributed by atoms with Crippen LogP contribution in [-0.2, 0) is 6.42 Å². The minimum absolute atomic E-state index is 0.279. The summed E-state index contributed by atoms with van der Waals surface area (Å²) in [6.07, 6.45) is 4.24. The first-order valence-corrected chi connectivity index (χ1v) is 5.71. The zero-order valence-corrected chi connectivity index (χ0v) is 10.2. The normalized spacial score (nSPS) is 10.4. The van der Waals surface area contributed by atoms with Gasteiger partial charge in [-0.15, -0.1) is 0 Å². The maximum atomic E-state index is 13.1. The molecule has 0 atom stereocenters. The minimum Gasteiger partial charge on any atom is -0.330 e. The lowest BCUT2D eigenvalue weighted by atomic mass is 10.2. The summed E-state index contributed by atoms with van der Waals surface area (Å²) in [5, 5.41) is 0. The van der Waals surface area contributed by atoms with Crippen molar-refractivity contribution in [3.05, 3.63) is 48.0 Å². The largest absolute Gasteiger partial charge is 0.330 e. The maximum Gasteiger partial charge on any atom is 0.229 e. The van der Waals surface area contributed by atoms with Crippen LogP contribution in [0.15, 0.2) is 36.7 Å². The number of nitrogens with zero attached hydrogens (tertiary/aromatic N) is 3. The highest BCUT2D eigenvalue weighted by Gasteiger charge is 2.07. The summed E-state index contributed by atoms with van der Waals surface area (Å²) in [7, 11) is 1.80. The second kappa shape index (κ2) is 5.55. The van der Waals surface area contributed by atoms with Gasteiger partial charge >= 0.3 is 0 Å². The van der Waals surface area contributed by atoms with Gasteiger partial charge in [-0.25, -0.2) is 14.4 Å². The number of rotatable bonds is 4. The molecule has 2 N–H and O–H groups in total. The molecule has 0 aliphatic carbocycles. The molecule has 4 nitrogen and oxygen atoms in total. The van der Waals surface area contributed by atoms with Gasteiger partial charge in [-0.1, -0.05) is 6.07 Å². The Labute approximate surface area is 105 Å². The molecule has 94 valence electrons. The average Bonchev–Trinajstić information content (AvgIpc) is 2.39. The van der Waals surface area contributed by atoms with Crippen LogP contribution in [0.2, 0.25) is 0 Å². The molecule has 0 unspecified atom stereocenters. The zero-order valence-electron chi connectivity index (χ0n) is 10.2. The van der Waals surface area contributed by atoms with Crippen molar-refractivity contribution in [2.24, 2.45) is 5.73 Å². The van der Waals surface area contributed by atoms with E-state index in [1.165, 1.54) is 12.1 Å². The minimum atomic E-state index is -0.279. The zero-order chi connectivity index (χ0) is 13.0. The van der Waals surface area contributed by atoms with Gasteiger partial charge in [0.1, 0.15) is 5.82 Å². The van der Waals surface area contributed by atoms with Gasteiger partial charge in [-0.3, -0.25) is 0 Å². The molecule has 1 heterocycles. The molecule has 0 radical (unpaired) electrons. The van der Waals surface area contributed by atoms with Crippen molar-refractivity contribution in [1.29, 1.82) is 0 Å². The van der Waals surface area contributed by atoms with Crippen LogP contribution in [0.5, 0.6) is 0 Å². The molecule has 1 aromatic heterocycles. The Morgan fingerprint density at radius 3 is 2.61 bits per heavy atom. The Hall–Kier alpha value is -2.01. The van der Waals surface area contributed by atoms with Crippen LogP contribution in [0, 0.1) is 5.82 Å². The van der Waals surface area contributed by atoms with Crippen LogP contribution < -0.4 is 10.6 Å². The fourth-order valence-electron chi connectivity index (χ4n) is 1.62. The van der Waals surface area contributed by atoms with Gasteiger partial charge in [0.05, 0.1) is 0 Å². The van der Waals surface area contributed by atoms with Crippen LogP contribution >= 0.6 is 0 Å². The molecule has 2 aromatic rings. The first-order chi connectivity index (χ1) is 8.70. The fraction of sp³-hybridized carbons (Fsp3) is 0.231. The highest BCUT2D eigenvalue weighted by molar-refractivity contribution is 5.55. The summed E-state index contributed by atoms with van der Waals surface area (Å²) in [5.74, 6) is 0.250. The molecule has 5 heteroatoms. The summed E-state index contributed by atoms with van der Waals surface area (Å²) >= 11 is 0. The SMILES string of the molecule is CN(c1cccc(F)c1)c1ncc(CCN)cn1. The molecule has 0 bridgehead atoms. The highest BCUT2D eigenvalue weighted by Crippen LogP contribution is 2.20. The van der Waals surface area contributed by atoms with Crippen molar-refractivity contribution >= 4 is 11.6 Å². The number of aromatic nitrogens is 2. The van der Waals surface area contributed by atoms with E-state index in [4.69, 9.17) is 5.73 Å². The van der Waals surface area contributed by atoms with Crippen LogP contribution in [0.3, 0.4) is 0 Å². The summed E-state index contributed by atoms with van der Waals surface area (Å²) in [6.45, 7) is 0.572. The molecule has 0 aliphatic rings. The topological polar surface area (TPSA) is 55.0 Å². The maximum absolute atomic E-state index is 13.1. The Bertz CT molecular complexity index is 513. The number of halogens is 1. The van der Waals surface area contributed by atoms with Gasteiger partial charge in [0, 0.05) is 25.1 Å². The van der Waals surface area contributed by atoms with E-state index in [-0.39, 0.29) is 5.82 Å². The number of hydrogen-bond donors (Lipinski definition) is 1. The van der Waals surface area contributed by atoms with E-state index in [0.717, 1.165) is 12.0 Å². The molecule has 0 amide bonds. The molecular weight excluding hydrogens is 231 g/mol. The van der Waals surface area contributed by atoms with Crippen LogP contribution in [0.1, 0.15) is 5.56 Å². The number of anilines is 2. The average molecular weight is 246 g/mol. The predicted molar refractivity (Wildman–Crippen MR) is 69.3 cm³/mol. The van der Waals surface area contributed by atoms with Gasteiger partial charge in [-0.05, 0) is 36.7 Å². The van der Waals surface area contributed by atoms with Gasteiger partial charge < -0.3 is 10.6 Å². The van der Waals surface area contributed by atoms with Crippen LogP contribution in [-0.4, -0.2) is 23.6 Å². The molecule has 1 aromatic carbocycles. The summed E-state index contributed by atoms with van der Waals surface area (Å²) < 4.78 is 13.1. The highest BCUT2D eigenvalue weighted by atomic mass is 19.1. The van der Waals surface area contributed by atoms with E-state index in [0.29, 0.717) is 18.2 Å². The molecular formula is C13H15FN4. The smallest absolute Gasteiger partial charge is 0.229 e. The first kappa shape index (κ1) is 12.4. The second-order valence-electron chi connectivity index (χ2n) is 3.97. The van der Waals surface area contributed by atoms with E-state index >= 15 is 0 Å². The van der Waals surface area contributed by atoms with Gasteiger partial charge in [0.15, 0.2) is 0 Å². The lowest BCUT2D eigenvalue weighted by Gasteiger charge is -2.17. The standard InChI is InChI=1S/C13H15FN4/c1-18(12-4-2-3-11(14)7-12)13-16-8-10(5-6-15)9-17-13/h2-4,7-9H,5-6,15H2,1H3. The molecule has 0 spiro atoms. The molecule has 2 rings (SSSR count). The van der Waals surface area contributed by atoms with Gasteiger partial charge in [0.25, 0.3) is 0 Å². The third-order valence-electron chi connectivity index (χ3n) is 2.62. The van der Waals surface area contributed by atoms with Gasteiger partial charge in [-0.2, -0.15) is 0 Å². The van der Waals surface area contributed by atoms with Crippen LogP contribution in [0.25, 0.3) is 0 Å². The Morgan fingerprint density at radius 1 is 1.28 bits per heavy atom. The molecule has 0 aliphatic heterocycles. The molecule has 0 fully saturated rings. The van der Waals surface area contributed by atoms with Crippen molar-refractivity contribution in [1.82, 2.24) is 9.97 Å². The third kappa shape index (κ3) is 2.81. The lowest BCUT2D eigenvalue weighted by molar-refractivity contribution is 0.628. The fourth-order valence-corrected chi connectivity index (χ4v) is 1.62. The Kier molecular flexibility index (Phi) is 3.84.